The number of nitrogens with zero attached hydrogens (tertiary/aromatic N) is 1. The first-order valence-corrected chi connectivity index (χ1v) is 11.4. The Hall–Kier alpha value is -3.55. The number of nitrogens with one attached hydrogen (secondary N) is 2. The quantitative estimate of drug-likeness (QED) is 0.638. The molecule has 2 heterocycles. The van der Waals surface area contributed by atoms with E-state index in [-0.39, 0.29) is 25.3 Å². The largest absolute Gasteiger partial charge is 0.454 e. The summed E-state index contributed by atoms with van der Waals surface area (Å²) in [6.45, 7) is 4.65. The SMILES string of the molecule is C[C@H]1[C@H](C)CCC[C@@H]1NC(=O)c1ccc2c(=O)n(Cc3ccc4c(c3)OCO4)c(=O)[nH]c2c1. The zero-order valence-electron chi connectivity index (χ0n) is 18.7. The van der Waals surface area contributed by atoms with Crippen LogP contribution in [-0.2, 0) is 6.54 Å². The van der Waals surface area contributed by atoms with Gasteiger partial charge < -0.3 is 19.8 Å². The highest BCUT2D eigenvalue weighted by molar-refractivity contribution is 5.97. The van der Waals surface area contributed by atoms with Crippen LogP contribution in [0.1, 0.15) is 49.0 Å². The molecule has 0 bridgehead atoms. The molecule has 2 aliphatic rings. The van der Waals surface area contributed by atoms with Crippen LogP contribution in [0.15, 0.2) is 46.0 Å². The summed E-state index contributed by atoms with van der Waals surface area (Å²) in [6, 6.07) is 10.3. The van der Waals surface area contributed by atoms with Gasteiger partial charge in [-0.2, -0.15) is 0 Å². The fraction of sp³-hybridized carbons (Fsp3) is 0.400. The van der Waals surface area contributed by atoms with E-state index in [1.807, 2.05) is 0 Å². The lowest BCUT2D eigenvalue weighted by Crippen LogP contribution is -2.43. The molecule has 172 valence electrons. The topological polar surface area (TPSA) is 102 Å². The van der Waals surface area contributed by atoms with Crippen LogP contribution in [-0.4, -0.2) is 28.3 Å². The fourth-order valence-electron chi connectivity index (χ4n) is 4.80. The molecule has 1 fully saturated rings. The molecule has 2 aromatic carbocycles. The molecule has 0 unspecified atom stereocenters. The summed E-state index contributed by atoms with van der Waals surface area (Å²) in [5.74, 6) is 2.02. The predicted octanol–water partition coefficient (Wildman–Crippen LogP) is 3.02. The maximum Gasteiger partial charge on any atom is 0.329 e. The number of aromatic amines is 1. The maximum absolute atomic E-state index is 13.1. The van der Waals surface area contributed by atoms with Gasteiger partial charge in [-0.15, -0.1) is 0 Å². The normalized spacial score (nSPS) is 21.8. The van der Waals surface area contributed by atoms with Crippen LogP contribution in [0.4, 0.5) is 0 Å². The van der Waals surface area contributed by atoms with Crippen LogP contribution in [0.5, 0.6) is 11.5 Å². The van der Waals surface area contributed by atoms with Gasteiger partial charge in [-0.3, -0.25) is 14.2 Å². The lowest BCUT2D eigenvalue weighted by atomic mass is 9.78. The zero-order valence-corrected chi connectivity index (χ0v) is 18.7. The van der Waals surface area contributed by atoms with Gasteiger partial charge in [0.1, 0.15) is 0 Å². The van der Waals surface area contributed by atoms with Crippen molar-refractivity contribution in [1.29, 1.82) is 0 Å². The fourth-order valence-corrected chi connectivity index (χ4v) is 4.80. The summed E-state index contributed by atoms with van der Waals surface area (Å²) in [5.41, 5.74) is 0.588. The average Bonchev–Trinajstić information content (AvgIpc) is 3.27. The highest BCUT2D eigenvalue weighted by Gasteiger charge is 2.28. The van der Waals surface area contributed by atoms with E-state index in [1.54, 1.807) is 36.4 Å². The van der Waals surface area contributed by atoms with Crippen molar-refractivity contribution >= 4 is 16.8 Å². The molecule has 1 aliphatic heterocycles. The van der Waals surface area contributed by atoms with Gasteiger partial charge in [-0.05, 0) is 54.2 Å². The van der Waals surface area contributed by atoms with E-state index in [0.29, 0.717) is 39.8 Å². The number of carbonyl (C=O) groups excluding carboxylic acids is 1. The Morgan fingerprint density at radius 3 is 2.76 bits per heavy atom. The first-order chi connectivity index (χ1) is 15.9. The number of hydrogen-bond donors (Lipinski definition) is 2. The second-order valence-electron chi connectivity index (χ2n) is 9.12. The third-order valence-electron chi connectivity index (χ3n) is 7.05. The highest BCUT2D eigenvalue weighted by Crippen LogP contribution is 2.32. The molecule has 5 rings (SSSR count). The number of ether oxygens (including phenoxy) is 2. The lowest BCUT2D eigenvalue weighted by molar-refractivity contribution is 0.0891. The van der Waals surface area contributed by atoms with Crippen molar-refractivity contribution in [2.45, 2.75) is 45.7 Å². The molecule has 1 aliphatic carbocycles. The Bertz CT molecular complexity index is 1340. The number of H-pyrrole nitrogens is 1. The van der Waals surface area contributed by atoms with E-state index < -0.39 is 11.2 Å². The Balaban J connectivity index is 1.41. The van der Waals surface area contributed by atoms with Gasteiger partial charge in [0.25, 0.3) is 11.5 Å². The molecular formula is C25H27N3O5. The third-order valence-corrected chi connectivity index (χ3v) is 7.05. The van der Waals surface area contributed by atoms with Crippen molar-refractivity contribution in [3.05, 3.63) is 68.4 Å². The molecule has 0 radical (unpaired) electrons. The van der Waals surface area contributed by atoms with E-state index in [2.05, 4.69) is 24.1 Å². The smallest absolute Gasteiger partial charge is 0.329 e. The van der Waals surface area contributed by atoms with E-state index in [1.165, 1.54) is 6.42 Å². The molecule has 1 saturated carbocycles. The van der Waals surface area contributed by atoms with Gasteiger partial charge in [0.15, 0.2) is 11.5 Å². The molecule has 3 aromatic rings. The van der Waals surface area contributed by atoms with E-state index >= 15 is 0 Å². The molecule has 1 amide bonds. The maximum atomic E-state index is 13.1. The summed E-state index contributed by atoms with van der Waals surface area (Å²) in [4.78, 5) is 41.4. The summed E-state index contributed by atoms with van der Waals surface area (Å²) in [7, 11) is 0. The highest BCUT2D eigenvalue weighted by atomic mass is 16.7. The zero-order chi connectivity index (χ0) is 23.1. The number of benzene rings is 2. The van der Waals surface area contributed by atoms with Crippen LogP contribution in [0.3, 0.4) is 0 Å². The van der Waals surface area contributed by atoms with E-state index in [0.717, 1.165) is 23.0 Å². The van der Waals surface area contributed by atoms with Crippen LogP contribution >= 0.6 is 0 Å². The number of hydrogen-bond acceptors (Lipinski definition) is 5. The first kappa shape index (κ1) is 21.3. The van der Waals surface area contributed by atoms with Gasteiger partial charge >= 0.3 is 5.69 Å². The van der Waals surface area contributed by atoms with Gasteiger partial charge in [-0.1, -0.05) is 32.8 Å². The molecule has 33 heavy (non-hydrogen) atoms. The van der Waals surface area contributed by atoms with Crippen LogP contribution in [0.25, 0.3) is 10.9 Å². The molecule has 0 saturated heterocycles. The average molecular weight is 450 g/mol. The summed E-state index contributed by atoms with van der Waals surface area (Å²) in [6.07, 6.45) is 3.25. The number of fused-ring (bicyclic) bond motifs is 2. The number of aromatic nitrogens is 2. The molecular weight excluding hydrogens is 422 g/mol. The monoisotopic (exact) mass is 449 g/mol. The minimum absolute atomic E-state index is 0.0980. The minimum atomic E-state index is -0.530. The number of rotatable bonds is 4. The Morgan fingerprint density at radius 2 is 1.91 bits per heavy atom. The summed E-state index contributed by atoms with van der Waals surface area (Å²) >= 11 is 0. The van der Waals surface area contributed by atoms with E-state index in [9.17, 15) is 14.4 Å². The molecule has 2 N–H and O–H groups in total. The van der Waals surface area contributed by atoms with Gasteiger partial charge in [-0.25, -0.2) is 4.79 Å². The standard InChI is InChI=1S/C25H27N3O5/c1-14-4-3-5-19(15(14)2)26-23(29)17-7-8-18-20(11-17)27-25(31)28(24(18)30)12-16-6-9-21-22(10-16)33-13-32-21/h6-11,14-15,19H,3-5,12-13H2,1-2H3,(H,26,29)(H,27,31)/t14-,15+,19+/m1/s1. The van der Waals surface area contributed by atoms with Crippen molar-refractivity contribution in [2.24, 2.45) is 11.8 Å². The molecule has 8 nitrogen and oxygen atoms in total. The Kier molecular flexibility index (Phi) is 5.44. The molecule has 3 atom stereocenters. The number of carbonyl (C=O) groups is 1. The van der Waals surface area contributed by atoms with E-state index in [4.69, 9.17) is 9.47 Å². The van der Waals surface area contributed by atoms with Crippen LogP contribution in [0.2, 0.25) is 0 Å². The lowest BCUT2D eigenvalue weighted by Gasteiger charge is -2.34. The Morgan fingerprint density at radius 1 is 1.09 bits per heavy atom. The minimum Gasteiger partial charge on any atom is -0.454 e. The predicted molar refractivity (Wildman–Crippen MR) is 124 cm³/mol. The van der Waals surface area contributed by atoms with Crippen molar-refractivity contribution in [3.8, 4) is 11.5 Å². The van der Waals surface area contributed by atoms with Gasteiger partial charge in [0.2, 0.25) is 6.79 Å². The number of amides is 1. The van der Waals surface area contributed by atoms with Crippen molar-refractivity contribution in [1.82, 2.24) is 14.9 Å². The molecule has 0 spiro atoms. The Labute approximate surface area is 190 Å². The van der Waals surface area contributed by atoms with Crippen LogP contribution in [0, 0.1) is 11.8 Å². The first-order valence-electron chi connectivity index (χ1n) is 11.4. The summed E-state index contributed by atoms with van der Waals surface area (Å²) < 4.78 is 11.8. The summed E-state index contributed by atoms with van der Waals surface area (Å²) in [5, 5.41) is 3.49. The van der Waals surface area contributed by atoms with Crippen LogP contribution < -0.4 is 26.0 Å². The van der Waals surface area contributed by atoms with Gasteiger partial charge in [0, 0.05) is 11.6 Å². The second kappa shape index (κ2) is 8.42. The molecule has 1 aromatic heterocycles. The van der Waals surface area contributed by atoms with Crippen molar-refractivity contribution in [3.63, 3.8) is 0 Å². The van der Waals surface area contributed by atoms with Gasteiger partial charge in [0.05, 0.1) is 17.4 Å². The van der Waals surface area contributed by atoms with Crippen molar-refractivity contribution in [2.75, 3.05) is 6.79 Å². The second-order valence-corrected chi connectivity index (χ2v) is 9.12. The van der Waals surface area contributed by atoms with Crippen molar-refractivity contribution < 1.29 is 14.3 Å². The third kappa shape index (κ3) is 4.01. The molecule has 8 heteroatoms.